The van der Waals surface area contributed by atoms with E-state index in [4.69, 9.17) is 4.74 Å². The third-order valence-corrected chi connectivity index (χ3v) is 5.14. The van der Waals surface area contributed by atoms with Crippen LogP contribution in [0.2, 0.25) is 0 Å². The number of nitrogens with one attached hydrogen (secondary N) is 1. The highest BCUT2D eigenvalue weighted by Crippen LogP contribution is 2.42. The van der Waals surface area contributed by atoms with Crippen LogP contribution in [0, 0.1) is 17.8 Å². The fourth-order valence-electron chi connectivity index (χ4n) is 3.95. The van der Waals surface area contributed by atoms with Crippen molar-refractivity contribution >= 4 is 5.91 Å². The Labute approximate surface area is 128 Å². The van der Waals surface area contributed by atoms with Gasteiger partial charge in [0.05, 0.1) is 24.4 Å². The lowest BCUT2D eigenvalue weighted by Gasteiger charge is -2.34. The van der Waals surface area contributed by atoms with E-state index in [1.807, 2.05) is 0 Å². The molecule has 0 radical (unpaired) electrons. The zero-order valence-corrected chi connectivity index (χ0v) is 13.8. The molecule has 0 bridgehead atoms. The molecule has 4 atom stereocenters. The van der Waals surface area contributed by atoms with Crippen LogP contribution in [0.3, 0.4) is 0 Å². The van der Waals surface area contributed by atoms with Crippen LogP contribution >= 0.6 is 0 Å². The Hall–Kier alpha value is -0.610. The Kier molecular flexibility index (Phi) is 4.28. The maximum absolute atomic E-state index is 12.9. The van der Waals surface area contributed by atoms with Gasteiger partial charge in [0.15, 0.2) is 0 Å². The topological polar surface area (TPSA) is 41.6 Å². The number of rotatable bonds is 5. The predicted octanol–water partition coefficient (Wildman–Crippen LogP) is 2.38. The number of hydrogen-bond acceptors (Lipinski definition) is 3. The summed E-state index contributed by atoms with van der Waals surface area (Å²) in [6.45, 7) is 9.55. The first-order valence-electron chi connectivity index (χ1n) is 8.69. The van der Waals surface area contributed by atoms with Gasteiger partial charge < -0.3 is 9.64 Å². The Morgan fingerprint density at radius 1 is 1.24 bits per heavy atom. The molecule has 21 heavy (non-hydrogen) atoms. The highest BCUT2D eigenvalue weighted by Gasteiger charge is 2.50. The van der Waals surface area contributed by atoms with Crippen LogP contribution in [0.4, 0.5) is 0 Å². The second-order valence-corrected chi connectivity index (χ2v) is 7.81. The summed E-state index contributed by atoms with van der Waals surface area (Å²) in [4.78, 5) is 15.1. The first-order valence-corrected chi connectivity index (χ1v) is 8.69. The van der Waals surface area contributed by atoms with Gasteiger partial charge in [0, 0.05) is 6.61 Å². The van der Waals surface area contributed by atoms with Crippen LogP contribution in [-0.2, 0) is 9.53 Å². The van der Waals surface area contributed by atoms with Gasteiger partial charge in [-0.2, -0.15) is 0 Å². The molecule has 2 heterocycles. The molecule has 2 aliphatic heterocycles. The standard InChI is InChI=1S/C17H30N2O2/c1-10(2)9-14-18-15(11(3)4)17(20)19(14)13-7-8-21-16(13)12-5-6-12/h10-16,18H,5-9H2,1-4H3. The summed E-state index contributed by atoms with van der Waals surface area (Å²) in [5.41, 5.74) is 0. The fraction of sp³-hybridized carbons (Fsp3) is 0.941. The summed E-state index contributed by atoms with van der Waals surface area (Å²) in [5, 5.41) is 3.60. The van der Waals surface area contributed by atoms with Gasteiger partial charge in [-0.15, -0.1) is 0 Å². The number of amides is 1. The van der Waals surface area contributed by atoms with Gasteiger partial charge in [0.2, 0.25) is 5.91 Å². The first kappa shape index (κ1) is 15.3. The summed E-state index contributed by atoms with van der Waals surface area (Å²) < 4.78 is 5.98. The molecule has 120 valence electrons. The van der Waals surface area contributed by atoms with Gasteiger partial charge in [-0.1, -0.05) is 27.7 Å². The molecule has 0 aromatic carbocycles. The van der Waals surface area contributed by atoms with Crippen LogP contribution < -0.4 is 5.32 Å². The van der Waals surface area contributed by atoms with E-state index in [1.165, 1.54) is 12.8 Å². The van der Waals surface area contributed by atoms with Gasteiger partial charge in [-0.25, -0.2) is 0 Å². The minimum Gasteiger partial charge on any atom is -0.376 e. The molecule has 4 nitrogen and oxygen atoms in total. The van der Waals surface area contributed by atoms with Gasteiger partial charge in [-0.3, -0.25) is 10.1 Å². The molecule has 0 aromatic rings. The molecule has 2 saturated heterocycles. The van der Waals surface area contributed by atoms with Crippen LogP contribution in [0.15, 0.2) is 0 Å². The van der Waals surface area contributed by atoms with Gasteiger partial charge in [-0.05, 0) is 43.4 Å². The van der Waals surface area contributed by atoms with Crippen molar-refractivity contribution in [3.63, 3.8) is 0 Å². The minimum absolute atomic E-state index is 0.0193. The number of hydrogen-bond donors (Lipinski definition) is 1. The molecule has 1 saturated carbocycles. The van der Waals surface area contributed by atoms with Crippen molar-refractivity contribution in [1.29, 1.82) is 0 Å². The monoisotopic (exact) mass is 294 g/mol. The maximum atomic E-state index is 12.9. The van der Waals surface area contributed by atoms with Gasteiger partial charge >= 0.3 is 0 Å². The number of carbonyl (C=O) groups excluding carboxylic acids is 1. The highest BCUT2D eigenvalue weighted by molar-refractivity contribution is 5.85. The van der Waals surface area contributed by atoms with Crippen molar-refractivity contribution < 1.29 is 9.53 Å². The van der Waals surface area contributed by atoms with Crippen molar-refractivity contribution in [3.05, 3.63) is 0 Å². The fourth-order valence-corrected chi connectivity index (χ4v) is 3.95. The number of ether oxygens (including phenoxy) is 1. The summed E-state index contributed by atoms with van der Waals surface area (Å²) in [5.74, 6) is 1.93. The molecular formula is C17H30N2O2. The smallest absolute Gasteiger partial charge is 0.241 e. The molecule has 1 N–H and O–H groups in total. The average Bonchev–Trinajstić information content (AvgIpc) is 3.05. The Balaban J connectivity index is 1.79. The molecule has 0 spiro atoms. The van der Waals surface area contributed by atoms with E-state index in [0.29, 0.717) is 29.7 Å². The van der Waals surface area contributed by atoms with E-state index < -0.39 is 0 Å². The Morgan fingerprint density at radius 2 is 1.95 bits per heavy atom. The summed E-state index contributed by atoms with van der Waals surface area (Å²) in [7, 11) is 0. The first-order chi connectivity index (χ1) is 9.99. The Bertz CT molecular complexity index is 392. The normalized spacial score (nSPS) is 37.2. The van der Waals surface area contributed by atoms with Crippen LogP contribution in [0.1, 0.15) is 53.4 Å². The maximum Gasteiger partial charge on any atom is 0.241 e. The third kappa shape index (κ3) is 2.98. The van der Waals surface area contributed by atoms with E-state index in [0.717, 1.165) is 19.4 Å². The summed E-state index contributed by atoms with van der Waals surface area (Å²) >= 11 is 0. The Morgan fingerprint density at radius 3 is 2.52 bits per heavy atom. The van der Waals surface area contributed by atoms with E-state index in [1.54, 1.807) is 0 Å². The van der Waals surface area contributed by atoms with Gasteiger partial charge in [0.1, 0.15) is 0 Å². The third-order valence-electron chi connectivity index (χ3n) is 5.14. The number of nitrogens with zero attached hydrogens (tertiary/aromatic N) is 1. The predicted molar refractivity (Wildman–Crippen MR) is 82.7 cm³/mol. The van der Waals surface area contributed by atoms with Crippen molar-refractivity contribution in [2.45, 2.75) is 77.7 Å². The molecular weight excluding hydrogens is 264 g/mol. The molecule has 3 fully saturated rings. The molecule has 4 heteroatoms. The van der Waals surface area contributed by atoms with Crippen molar-refractivity contribution in [2.24, 2.45) is 17.8 Å². The van der Waals surface area contributed by atoms with E-state index in [9.17, 15) is 4.79 Å². The van der Waals surface area contributed by atoms with Gasteiger partial charge in [0.25, 0.3) is 0 Å². The largest absolute Gasteiger partial charge is 0.376 e. The zero-order chi connectivity index (χ0) is 15.1. The lowest BCUT2D eigenvalue weighted by Crippen LogP contribution is -2.49. The van der Waals surface area contributed by atoms with E-state index in [-0.39, 0.29) is 18.3 Å². The lowest BCUT2D eigenvalue weighted by molar-refractivity contribution is -0.134. The van der Waals surface area contributed by atoms with Crippen LogP contribution in [0.25, 0.3) is 0 Å². The number of carbonyl (C=O) groups is 1. The zero-order valence-electron chi connectivity index (χ0n) is 13.8. The minimum atomic E-state index is -0.0193. The SMILES string of the molecule is CC(C)CC1NC(C(C)C)C(=O)N1C1CCOC1C1CC1. The molecule has 0 aromatic heterocycles. The van der Waals surface area contributed by atoms with Crippen molar-refractivity contribution in [3.8, 4) is 0 Å². The van der Waals surface area contributed by atoms with Crippen LogP contribution in [-0.4, -0.2) is 41.8 Å². The molecule has 4 unspecified atom stereocenters. The van der Waals surface area contributed by atoms with Crippen molar-refractivity contribution in [2.75, 3.05) is 6.61 Å². The molecule has 3 rings (SSSR count). The second-order valence-electron chi connectivity index (χ2n) is 7.81. The molecule has 1 aliphatic carbocycles. The van der Waals surface area contributed by atoms with Crippen molar-refractivity contribution in [1.82, 2.24) is 10.2 Å². The molecule has 3 aliphatic rings. The second kappa shape index (κ2) is 5.88. The summed E-state index contributed by atoms with van der Waals surface area (Å²) in [6.07, 6.45) is 5.07. The van der Waals surface area contributed by atoms with E-state index >= 15 is 0 Å². The summed E-state index contributed by atoms with van der Waals surface area (Å²) in [6, 6.07) is 0.277. The average molecular weight is 294 g/mol. The van der Waals surface area contributed by atoms with Crippen LogP contribution in [0.5, 0.6) is 0 Å². The molecule has 1 amide bonds. The quantitative estimate of drug-likeness (QED) is 0.846. The lowest BCUT2D eigenvalue weighted by atomic mass is 10.0. The highest BCUT2D eigenvalue weighted by atomic mass is 16.5. The van der Waals surface area contributed by atoms with E-state index in [2.05, 4.69) is 37.9 Å².